The van der Waals surface area contributed by atoms with Gasteiger partial charge < -0.3 is 14.2 Å². The SMILES string of the molecule is COCCOc1ccccc1C(=O)Nc1ncc(C(=O)OC)s1. The predicted molar refractivity (Wildman–Crippen MR) is 85.2 cm³/mol. The fourth-order valence-electron chi connectivity index (χ4n) is 1.71. The molecule has 23 heavy (non-hydrogen) atoms. The van der Waals surface area contributed by atoms with E-state index in [1.165, 1.54) is 13.3 Å². The van der Waals surface area contributed by atoms with Crippen molar-refractivity contribution in [2.45, 2.75) is 0 Å². The first-order valence-electron chi connectivity index (χ1n) is 6.72. The van der Waals surface area contributed by atoms with Crippen molar-refractivity contribution in [1.82, 2.24) is 4.98 Å². The number of esters is 1. The molecule has 2 rings (SSSR count). The van der Waals surface area contributed by atoms with E-state index in [0.717, 1.165) is 11.3 Å². The molecule has 1 N–H and O–H groups in total. The van der Waals surface area contributed by atoms with Gasteiger partial charge in [-0.25, -0.2) is 9.78 Å². The highest BCUT2D eigenvalue weighted by Gasteiger charge is 2.16. The van der Waals surface area contributed by atoms with Crippen LogP contribution < -0.4 is 10.1 Å². The van der Waals surface area contributed by atoms with Gasteiger partial charge in [0, 0.05) is 7.11 Å². The van der Waals surface area contributed by atoms with Gasteiger partial charge in [-0.2, -0.15) is 0 Å². The maximum atomic E-state index is 12.3. The van der Waals surface area contributed by atoms with E-state index in [1.54, 1.807) is 31.4 Å². The van der Waals surface area contributed by atoms with Crippen LogP contribution >= 0.6 is 11.3 Å². The second-order valence-electron chi connectivity index (χ2n) is 4.31. The van der Waals surface area contributed by atoms with Crippen LogP contribution in [0.1, 0.15) is 20.0 Å². The van der Waals surface area contributed by atoms with E-state index in [0.29, 0.717) is 34.5 Å². The summed E-state index contributed by atoms with van der Waals surface area (Å²) >= 11 is 1.04. The molecule has 0 saturated carbocycles. The van der Waals surface area contributed by atoms with Crippen molar-refractivity contribution in [3.8, 4) is 5.75 Å². The number of methoxy groups -OCH3 is 2. The molecule has 1 aromatic carbocycles. The van der Waals surface area contributed by atoms with Gasteiger partial charge in [-0.15, -0.1) is 0 Å². The molecule has 0 aliphatic heterocycles. The van der Waals surface area contributed by atoms with Crippen LogP contribution in [0.4, 0.5) is 5.13 Å². The third kappa shape index (κ3) is 4.51. The van der Waals surface area contributed by atoms with E-state index in [9.17, 15) is 9.59 Å². The summed E-state index contributed by atoms with van der Waals surface area (Å²) < 4.78 is 15.0. The number of amides is 1. The van der Waals surface area contributed by atoms with E-state index in [4.69, 9.17) is 9.47 Å². The zero-order chi connectivity index (χ0) is 16.7. The number of carbonyl (C=O) groups is 2. The molecule has 0 radical (unpaired) electrons. The van der Waals surface area contributed by atoms with Crippen molar-refractivity contribution in [3.05, 3.63) is 40.9 Å². The number of aromatic nitrogens is 1. The highest BCUT2D eigenvalue weighted by atomic mass is 32.1. The minimum atomic E-state index is -0.494. The molecule has 1 aromatic heterocycles. The summed E-state index contributed by atoms with van der Waals surface area (Å²) in [5.41, 5.74) is 0.374. The molecule has 0 bridgehead atoms. The molecule has 122 valence electrons. The maximum absolute atomic E-state index is 12.3. The number of hydrogen-bond acceptors (Lipinski definition) is 7. The lowest BCUT2D eigenvalue weighted by Crippen LogP contribution is -2.14. The van der Waals surface area contributed by atoms with Crippen molar-refractivity contribution in [2.75, 3.05) is 32.8 Å². The molecule has 0 atom stereocenters. The van der Waals surface area contributed by atoms with Crippen molar-refractivity contribution in [2.24, 2.45) is 0 Å². The van der Waals surface area contributed by atoms with E-state index < -0.39 is 5.97 Å². The van der Waals surface area contributed by atoms with Crippen molar-refractivity contribution in [1.29, 1.82) is 0 Å². The summed E-state index contributed by atoms with van der Waals surface area (Å²) in [4.78, 5) is 28.0. The minimum Gasteiger partial charge on any atom is -0.490 e. The van der Waals surface area contributed by atoms with Crippen molar-refractivity contribution < 1.29 is 23.8 Å². The number of thiazole rings is 1. The first-order valence-corrected chi connectivity index (χ1v) is 7.53. The Morgan fingerprint density at radius 3 is 2.74 bits per heavy atom. The smallest absolute Gasteiger partial charge is 0.349 e. The van der Waals surface area contributed by atoms with Gasteiger partial charge in [0.1, 0.15) is 17.2 Å². The van der Waals surface area contributed by atoms with Crippen LogP contribution in [0.5, 0.6) is 5.75 Å². The first-order chi connectivity index (χ1) is 11.2. The monoisotopic (exact) mass is 336 g/mol. The lowest BCUT2D eigenvalue weighted by atomic mass is 10.2. The Labute approximate surface area is 137 Å². The van der Waals surface area contributed by atoms with Crippen LogP contribution in [0.15, 0.2) is 30.5 Å². The topological polar surface area (TPSA) is 86.8 Å². The molecule has 0 fully saturated rings. The van der Waals surface area contributed by atoms with Crippen LogP contribution in [0.2, 0.25) is 0 Å². The van der Waals surface area contributed by atoms with Crippen molar-refractivity contribution >= 4 is 28.3 Å². The summed E-state index contributed by atoms with van der Waals surface area (Å²) in [6.45, 7) is 0.759. The van der Waals surface area contributed by atoms with Gasteiger partial charge in [-0.05, 0) is 12.1 Å². The average molecular weight is 336 g/mol. The highest BCUT2D eigenvalue weighted by Crippen LogP contribution is 2.22. The second-order valence-corrected chi connectivity index (χ2v) is 5.34. The zero-order valence-corrected chi connectivity index (χ0v) is 13.5. The Morgan fingerprint density at radius 2 is 2.00 bits per heavy atom. The quantitative estimate of drug-likeness (QED) is 0.616. The molecular formula is C15H16N2O5S. The van der Waals surface area contributed by atoms with Gasteiger partial charge in [0.05, 0.1) is 25.5 Å². The third-order valence-corrected chi connectivity index (χ3v) is 3.68. The fraction of sp³-hybridized carbons (Fsp3) is 0.267. The number of rotatable bonds is 7. The number of anilines is 1. The Kier molecular flexibility index (Phi) is 6.07. The van der Waals surface area contributed by atoms with Gasteiger partial charge in [-0.3, -0.25) is 10.1 Å². The summed E-state index contributed by atoms with van der Waals surface area (Å²) in [7, 11) is 2.86. The Balaban J connectivity index is 2.08. The van der Waals surface area contributed by atoms with Crippen LogP contribution in [-0.4, -0.2) is 44.3 Å². The number of nitrogens with zero attached hydrogens (tertiary/aromatic N) is 1. The molecule has 0 aliphatic carbocycles. The standard InChI is InChI=1S/C15H16N2O5S/c1-20-7-8-22-11-6-4-3-5-10(11)13(18)17-15-16-9-12(23-15)14(19)21-2/h3-6,9H,7-8H2,1-2H3,(H,16,17,18). The largest absolute Gasteiger partial charge is 0.490 e. The highest BCUT2D eigenvalue weighted by molar-refractivity contribution is 7.17. The van der Waals surface area contributed by atoms with Crippen LogP contribution in [-0.2, 0) is 9.47 Å². The molecule has 0 unspecified atom stereocenters. The van der Waals surface area contributed by atoms with Gasteiger partial charge in [0.25, 0.3) is 5.91 Å². The molecular weight excluding hydrogens is 320 g/mol. The zero-order valence-electron chi connectivity index (χ0n) is 12.7. The van der Waals surface area contributed by atoms with E-state index in [1.807, 2.05) is 0 Å². The normalized spacial score (nSPS) is 10.2. The average Bonchev–Trinajstić information content (AvgIpc) is 3.03. The molecule has 8 heteroatoms. The number of nitrogens with one attached hydrogen (secondary N) is 1. The Hall–Kier alpha value is -2.45. The van der Waals surface area contributed by atoms with Crippen LogP contribution in [0, 0.1) is 0 Å². The van der Waals surface area contributed by atoms with E-state index in [2.05, 4.69) is 15.0 Å². The number of ether oxygens (including phenoxy) is 3. The number of benzene rings is 1. The molecule has 1 heterocycles. The molecule has 0 aliphatic rings. The molecule has 0 saturated heterocycles. The maximum Gasteiger partial charge on any atom is 0.349 e. The summed E-state index contributed by atoms with van der Waals surface area (Å²) in [6, 6.07) is 6.86. The van der Waals surface area contributed by atoms with Gasteiger partial charge in [-0.1, -0.05) is 23.5 Å². The van der Waals surface area contributed by atoms with Gasteiger partial charge in [0.2, 0.25) is 0 Å². The summed E-state index contributed by atoms with van der Waals surface area (Å²) in [5, 5.41) is 2.95. The first kappa shape index (κ1) is 16.9. The Morgan fingerprint density at radius 1 is 1.22 bits per heavy atom. The second kappa shape index (κ2) is 8.25. The molecule has 7 nitrogen and oxygen atoms in total. The summed E-state index contributed by atoms with van der Waals surface area (Å²) in [6.07, 6.45) is 1.35. The van der Waals surface area contributed by atoms with E-state index in [-0.39, 0.29) is 5.91 Å². The number of para-hydroxylation sites is 1. The minimum absolute atomic E-state index is 0.307. The lowest BCUT2D eigenvalue weighted by molar-refractivity contribution is 0.0606. The fourth-order valence-corrected chi connectivity index (χ4v) is 2.44. The summed E-state index contributed by atoms with van der Waals surface area (Å²) in [5.74, 6) is -0.415. The van der Waals surface area contributed by atoms with Crippen LogP contribution in [0.25, 0.3) is 0 Å². The van der Waals surface area contributed by atoms with Gasteiger partial charge >= 0.3 is 5.97 Å². The van der Waals surface area contributed by atoms with Crippen LogP contribution in [0.3, 0.4) is 0 Å². The van der Waals surface area contributed by atoms with E-state index >= 15 is 0 Å². The Bertz CT molecular complexity index is 686. The molecule has 2 aromatic rings. The van der Waals surface area contributed by atoms with Crippen molar-refractivity contribution in [3.63, 3.8) is 0 Å². The van der Waals surface area contributed by atoms with Gasteiger partial charge in [0.15, 0.2) is 5.13 Å². The number of carbonyl (C=O) groups excluding carboxylic acids is 2. The molecule has 1 amide bonds. The lowest BCUT2D eigenvalue weighted by Gasteiger charge is -2.10. The third-order valence-electron chi connectivity index (χ3n) is 2.79. The number of hydrogen-bond donors (Lipinski definition) is 1. The predicted octanol–water partition coefficient (Wildman–Crippen LogP) is 2.21. The molecule has 0 spiro atoms.